The lowest BCUT2D eigenvalue weighted by atomic mass is 10.4. The minimum Gasteiger partial charge on any atom is -0.378 e. The van der Waals surface area contributed by atoms with Gasteiger partial charge in [-0.15, -0.1) is 0 Å². The topological polar surface area (TPSA) is 99.9 Å². The third kappa shape index (κ3) is 17.8. The molecular weight excluding hydrogens is 404 g/mol. The van der Waals surface area contributed by atoms with E-state index in [4.69, 9.17) is 34.2 Å². The predicted octanol–water partition coefficient (Wildman–Crippen LogP) is -0.772. The first-order valence-corrected chi connectivity index (χ1v) is 11.6. The van der Waals surface area contributed by atoms with Gasteiger partial charge in [0.2, 0.25) is 0 Å². The Labute approximate surface area is 188 Å². The zero-order chi connectivity index (χ0) is 22.4. The molecule has 0 saturated carbocycles. The van der Waals surface area contributed by atoms with E-state index in [1.165, 1.54) is 0 Å². The van der Waals surface area contributed by atoms with Gasteiger partial charge in [0.1, 0.15) is 0 Å². The Hall–Kier alpha value is -0.400. The van der Waals surface area contributed by atoms with Crippen LogP contribution in [-0.2, 0) is 28.4 Å². The molecule has 0 aromatic rings. The molecule has 0 amide bonds. The second-order valence-electron chi connectivity index (χ2n) is 7.43. The molecule has 0 spiro atoms. The highest BCUT2D eigenvalue weighted by Crippen LogP contribution is 1.98. The fraction of sp³-hybridized carbons (Fsp3) is 1.00. The van der Waals surface area contributed by atoms with Crippen molar-refractivity contribution in [3.8, 4) is 0 Å². The summed E-state index contributed by atoms with van der Waals surface area (Å²) in [6, 6.07) is 0. The number of hydrogen-bond donors (Lipinski definition) is 2. The number of nitrogens with one attached hydrogen (secondary N) is 1. The van der Waals surface area contributed by atoms with Gasteiger partial charge in [0.15, 0.2) is 0 Å². The van der Waals surface area contributed by atoms with Crippen molar-refractivity contribution < 1.29 is 28.4 Å². The van der Waals surface area contributed by atoms with Gasteiger partial charge in [0.25, 0.3) is 0 Å². The lowest BCUT2D eigenvalue weighted by Crippen LogP contribution is -2.47. The molecule has 1 fully saturated rings. The second-order valence-corrected chi connectivity index (χ2v) is 7.43. The van der Waals surface area contributed by atoms with Crippen molar-refractivity contribution in [2.45, 2.75) is 13.1 Å². The summed E-state index contributed by atoms with van der Waals surface area (Å²) in [4.78, 5) is 4.53. The smallest absolute Gasteiger partial charge is 0.0701 e. The zero-order valence-electron chi connectivity index (χ0n) is 19.7. The molecule has 1 heterocycles. The number of hydrogen-bond acceptors (Lipinski definition) is 10. The maximum absolute atomic E-state index is 5.76. The van der Waals surface area contributed by atoms with Gasteiger partial charge in [-0.2, -0.15) is 0 Å². The molecule has 186 valence electrons. The number of ether oxygens (including phenoxy) is 6. The van der Waals surface area contributed by atoms with Crippen LogP contribution in [0.3, 0.4) is 0 Å². The van der Waals surface area contributed by atoms with Gasteiger partial charge in [-0.25, -0.2) is 0 Å². The van der Waals surface area contributed by atoms with Crippen LogP contribution in [0.2, 0.25) is 0 Å². The van der Waals surface area contributed by atoms with E-state index in [9.17, 15) is 0 Å². The molecule has 1 aliphatic heterocycles. The molecule has 0 aromatic carbocycles. The maximum atomic E-state index is 5.76. The van der Waals surface area contributed by atoms with Gasteiger partial charge in [-0.1, -0.05) is 0 Å². The van der Waals surface area contributed by atoms with Crippen molar-refractivity contribution in [1.82, 2.24) is 15.1 Å². The summed E-state index contributed by atoms with van der Waals surface area (Å²) in [6.07, 6.45) is 0.193. The quantitative estimate of drug-likeness (QED) is 0.413. The highest BCUT2D eigenvalue weighted by Gasteiger charge is 2.13. The van der Waals surface area contributed by atoms with Crippen LogP contribution in [0, 0.1) is 0 Å². The molecule has 1 rings (SSSR count). The molecule has 1 unspecified atom stereocenters. The first-order valence-electron chi connectivity index (χ1n) is 11.6. The molecule has 31 heavy (non-hydrogen) atoms. The van der Waals surface area contributed by atoms with Crippen molar-refractivity contribution in [2.24, 2.45) is 5.73 Å². The van der Waals surface area contributed by atoms with Gasteiger partial charge < -0.3 is 39.1 Å². The average molecular weight is 451 g/mol. The van der Waals surface area contributed by atoms with E-state index in [-0.39, 0.29) is 6.17 Å². The molecule has 0 aromatic heterocycles. The van der Waals surface area contributed by atoms with E-state index in [0.29, 0.717) is 85.8 Å². The van der Waals surface area contributed by atoms with E-state index < -0.39 is 0 Å². The summed E-state index contributed by atoms with van der Waals surface area (Å²) in [5, 5.41) is 3.50. The SMILES string of the molecule is CC(NCCOCCOCCN)N1CCOCCOCCN(C)CCOCCOCC1. The first kappa shape index (κ1) is 28.6. The summed E-state index contributed by atoms with van der Waals surface area (Å²) in [5.74, 6) is 0. The lowest BCUT2D eigenvalue weighted by Gasteiger charge is -2.29. The Balaban J connectivity index is 2.26. The average Bonchev–Trinajstić information content (AvgIpc) is 2.76. The molecule has 0 radical (unpaired) electrons. The molecule has 0 bridgehead atoms. The first-order chi connectivity index (χ1) is 15.2. The van der Waals surface area contributed by atoms with Crippen molar-refractivity contribution in [1.29, 1.82) is 0 Å². The van der Waals surface area contributed by atoms with Gasteiger partial charge >= 0.3 is 0 Å². The second kappa shape index (κ2) is 21.4. The molecular formula is C21H46N4O6. The fourth-order valence-electron chi connectivity index (χ4n) is 2.93. The maximum Gasteiger partial charge on any atom is 0.0701 e. The number of nitrogens with two attached hydrogens (primary N) is 1. The third-order valence-electron chi connectivity index (χ3n) is 4.89. The minimum absolute atomic E-state index is 0.193. The van der Waals surface area contributed by atoms with Crippen LogP contribution in [0.15, 0.2) is 0 Å². The van der Waals surface area contributed by atoms with E-state index in [1.807, 2.05) is 0 Å². The van der Waals surface area contributed by atoms with Crippen LogP contribution in [0.5, 0.6) is 0 Å². The largest absolute Gasteiger partial charge is 0.378 e. The molecule has 1 atom stereocenters. The monoisotopic (exact) mass is 450 g/mol. The molecule has 10 heteroatoms. The Bertz CT molecular complexity index is 364. The van der Waals surface area contributed by atoms with Crippen LogP contribution in [0.25, 0.3) is 0 Å². The Morgan fingerprint density at radius 3 is 1.74 bits per heavy atom. The molecule has 0 aliphatic carbocycles. The van der Waals surface area contributed by atoms with Crippen molar-refractivity contribution in [3.05, 3.63) is 0 Å². The van der Waals surface area contributed by atoms with E-state index >= 15 is 0 Å². The van der Waals surface area contributed by atoms with Crippen molar-refractivity contribution in [3.63, 3.8) is 0 Å². The van der Waals surface area contributed by atoms with Gasteiger partial charge in [0.05, 0.1) is 85.4 Å². The van der Waals surface area contributed by atoms with Crippen LogP contribution in [0.1, 0.15) is 6.92 Å². The Morgan fingerprint density at radius 2 is 1.23 bits per heavy atom. The van der Waals surface area contributed by atoms with Gasteiger partial charge in [0, 0.05) is 39.3 Å². The molecule has 10 nitrogen and oxygen atoms in total. The van der Waals surface area contributed by atoms with Crippen LogP contribution < -0.4 is 11.1 Å². The number of nitrogens with zero attached hydrogens (tertiary/aromatic N) is 2. The highest BCUT2D eigenvalue weighted by atomic mass is 16.5. The lowest BCUT2D eigenvalue weighted by molar-refractivity contribution is 0.00236. The normalized spacial score (nSPS) is 21.4. The van der Waals surface area contributed by atoms with E-state index in [0.717, 1.165) is 32.7 Å². The van der Waals surface area contributed by atoms with Crippen molar-refractivity contribution >= 4 is 0 Å². The Morgan fingerprint density at radius 1 is 0.742 bits per heavy atom. The van der Waals surface area contributed by atoms with Crippen molar-refractivity contribution in [2.75, 3.05) is 126 Å². The highest BCUT2D eigenvalue weighted by molar-refractivity contribution is 4.65. The number of likely N-dealkylation sites (N-methyl/N-ethyl adjacent to an activating group) is 1. The number of rotatable bonds is 10. The minimum atomic E-state index is 0.193. The fourth-order valence-corrected chi connectivity index (χ4v) is 2.93. The summed E-state index contributed by atoms with van der Waals surface area (Å²) in [5.41, 5.74) is 5.38. The molecule has 1 saturated heterocycles. The van der Waals surface area contributed by atoms with Gasteiger partial charge in [-0.3, -0.25) is 10.2 Å². The van der Waals surface area contributed by atoms with E-state index in [1.54, 1.807) is 0 Å². The van der Waals surface area contributed by atoms with Gasteiger partial charge in [-0.05, 0) is 14.0 Å². The van der Waals surface area contributed by atoms with Crippen LogP contribution in [-0.4, -0.2) is 142 Å². The predicted molar refractivity (Wildman–Crippen MR) is 121 cm³/mol. The van der Waals surface area contributed by atoms with E-state index in [2.05, 4.69) is 29.1 Å². The summed E-state index contributed by atoms with van der Waals surface area (Å²) in [7, 11) is 2.08. The zero-order valence-corrected chi connectivity index (χ0v) is 19.7. The molecule has 1 aliphatic rings. The third-order valence-corrected chi connectivity index (χ3v) is 4.89. The summed E-state index contributed by atoms with van der Waals surface area (Å²) < 4.78 is 33.7. The summed E-state index contributed by atoms with van der Waals surface area (Å²) >= 11 is 0. The van der Waals surface area contributed by atoms with Crippen LogP contribution >= 0.6 is 0 Å². The standard InChI is InChI=1S/C21H46N4O6/c1-21(23-4-10-27-16-15-26-9-3-22)25-7-13-30-19-17-28-11-5-24(2)6-12-29-18-20-31-14-8-25/h21,23H,3-20,22H2,1-2H3. The molecule has 3 N–H and O–H groups in total. The van der Waals surface area contributed by atoms with Crippen LogP contribution in [0.4, 0.5) is 0 Å². The summed E-state index contributed by atoms with van der Waals surface area (Å²) in [6.45, 7) is 14.5. The Kier molecular flexibility index (Phi) is 19.8.